The number of ether oxygens (including phenoxy) is 2. The fraction of sp³-hybridized carbons (Fsp3) is 0.167. The standard InChI is InChI=1S/C12H11NO3/c1-15-9-3-4-10(16-2)12-11(9)8(7-14)5-6-13-12/h3-7H,1-2H3. The lowest BCUT2D eigenvalue weighted by atomic mass is 10.1. The minimum atomic E-state index is 0.542. The molecule has 0 fully saturated rings. The van der Waals surface area contributed by atoms with Gasteiger partial charge in [0.2, 0.25) is 0 Å². The lowest BCUT2D eigenvalue weighted by molar-refractivity contribution is 0.112. The zero-order chi connectivity index (χ0) is 11.5. The van der Waals surface area contributed by atoms with Crippen molar-refractivity contribution in [3.63, 3.8) is 0 Å². The Kier molecular flexibility index (Phi) is 2.72. The van der Waals surface area contributed by atoms with E-state index in [1.54, 1.807) is 38.6 Å². The van der Waals surface area contributed by atoms with Crippen LogP contribution in [0, 0.1) is 0 Å². The Hall–Kier alpha value is -2.10. The molecule has 2 rings (SSSR count). The lowest BCUT2D eigenvalue weighted by Gasteiger charge is -2.09. The third-order valence-electron chi connectivity index (χ3n) is 2.42. The predicted octanol–water partition coefficient (Wildman–Crippen LogP) is 2.06. The fourth-order valence-corrected chi connectivity index (χ4v) is 1.67. The topological polar surface area (TPSA) is 48.4 Å². The van der Waals surface area contributed by atoms with Gasteiger partial charge in [0, 0.05) is 11.8 Å². The minimum absolute atomic E-state index is 0.542. The van der Waals surface area contributed by atoms with Gasteiger partial charge in [0.25, 0.3) is 0 Å². The Labute approximate surface area is 92.8 Å². The van der Waals surface area contributed by atoms with Gasteiger partial charge in [-0.2, -0.15) is 0 Å². The molecule has 0 radical (unpaired) electrons. The maximum atomic E-state index is 11.0. The molecule has 0 saturated carbocycles. The Morgan fingerprint density at radius 2 is 1.81 bits per heavy atom. The number of fused-ring (bicyclic) bond motifs is 1. The maximum Gasteiger partial charge on any atom is 0.150 e. The summed E-state index contributed by atoms with van der Waals surface area (Å²) in [6.07, 6.45) is 2.36. The van der Waals surface area contributed by atoms with Gasteiger partial charge in [-0.25, -0.2) is 0 Å². The van der Waals surface area contributed by atoms with Crippen LogP contribution < -0.4 is 9.47 Å². The van der Waals surface area contributed by atoms with Crippen molar-refractivity contribution in [2.45, 2.75) is 0 Å². The molecule has 82 valence electrons. The van der Waals surface area contributed by atoms with Crippen LogP contribution in [-0.2, 0) is 0 Å². The number of carbonyl (C=O) groups is 1. The molecule has 0 N–H and O–H groups in total. The summed E-state index contributed by atoms with van der Waals surface area (Å²) in [5.74, 6) is 1.24. The highest BCUT2D eigenvalue weighted by Gasteiger charge is 2.11. The number of nitrogens with zero attached hydrogens (tertiary/aromatic N) is 1. The molecule has 0 bridgehead atoms. The van der Waals surface area contributed by atoms with Gasteiger partial charge in [-0.15, -0.1) is 0 Å². The molecular weight excluding hydrogens is 206 g/mol. The Bertz CT molecular complexity index is 537. The van der Waals surface area contributed by atoms with Gasteiger partial charge in [-0.05, 0) is 18.2 Å². The largest absolute Gasteiger partial charge is 0.496 e. The van der Waals surface area contributed by atoms with E-state index < -0.39 is 0 Å². The third kappa shape index (κ3) is 1.48. The summed E-state index contributed by atoms with van der Waals surface area (Å²) < 4.78 is 10.4. The number of pyridine rings is 1. The average Bonchev–Trinajstić information content (AvgIpc) is 2.36. The van der Waals surface area contributed by atoms with Gasteiger partial charge >= 0.3 is 0 Å². The van der Waals surface area contributed by atoms with E-state index in [-0.39, 0.29) is 0 Å². The van der Waals surface area contributed by atoms with Crippen LogP contribution >= 0.6 is 0 Å². The van der Waals surface area contributed by atoms with E-state index in [4.69, 9.17) is 9.47 Å². The van der Waals surface area contributed by atoms with Crippen molar-refractivity contribution >= 4 is 17.2 Å². The first-order valence-corrected chi connectivity index (χ1v) is 4.76. The van der Waals surface area contributed by atoms with Crippen LogP contribution in [0.15, 0.2) is 24.4 Å². The highest BCUT2D eigenvalue weighted by molar-refractivity contribution is 6.02. The molecule has 1 aromatic carbocycles. The van der Waals surface area contributed by atoms with Crippen molar-refractivity contribution in [3.8, 4) is 11.5 Å². The predicted molar refractivity (Wildman–Crippen MR) is 60.2 cm³/mol. The van der Waals surface area contributed by atoms with Gasteiger partial charge < -0.3 is 9.47 Å². The smallest absolute Gasteiger partial charge is 0.150 e. The van der Waals surface area contributed by atoms with Crippen molar-refractivity contribution in [2.75, 3.05) is 14.2 Å². The van der Waals surface area contributed by atoms with Crippen LogP contribution in [-0.4, -0.2) is 25.5 Å². The zero-order valence-electron chi connectivity index (χ0n) is 9.06. The highest BCUT2D eigenvalue weighted by Crippen LogP contribution is 2.33. The molecule has 0 spiro atoms. The van der Waals surface area contributed by atoms with Crippen LogP contribution in [0.2, 0.25) is 0 Å². The molecule has 0 saturated heterocycles. The molecule has 4 nitrogen and oxygen atoms in total. The number of benzene rings is 1. The van der Waals surface area contributed by atoms with Gasteiger partial charge in [0.15, 0.2) is 6.29 Å². The van der Waals surface area contributed by atoms with E-state index in [0.717, 1.165) is 6.29 Å². The van der Waals surface area contributed by atoms with Gasteiger partial charge in [0.05, 0.1) is 19.6 Å². The molecule has 1 aromatic heterocycles. The van der Waals surface area contributed by atoms with Gasteiger partial charge in [-0.3, -0.25) is 9.78 Å². The summed E-state index contributed by atoms with van der Waals surface area (Å²) in [6.45, 7) is 0. The van der Waals surface area contributed by atoms with Crippen LogP contribution in [0.5, 0.6) is 11.5 Å². The van der Waals surface area contributed by atoms with Crippen molar-refractivity contribution in [2.24, 2.45) is 0 Å². The second kappa shape index (κ2) is 4.18. The monoisotopic (exact) mass is 217 g/mol. The number of carbonyl (C=O) groups excluding carboxylic acids is 1. The molecule has 0 unspecified atom stereocenters. The van der Waals surface area contributed by atoms with Crippen molar-refractivity contribution in [1.82, 2.24) is 4.98 Å². The summed E-state index contributed by atoms with van der Waals surface area (Å²) in [5.41, 5.74) is 1.17. The van der Waals surface area contributed by atoms with E-state index in [1.165, 1.54) is 0 Å². The Morgan fingerprint density at radius 3 is 2.44 bits per heavy atom. The SMILES string of the molecule is COc1ccc(OC)c2c(C=O)ccnc12. The molecule has 0 atom stereocenters. The van der Waals surface area contributed by atoms with Crippen molar-refractivity contribution in [1.29, 1.82) is 0 Å². The first kappa shape index (κ1) is 10.4. The Balaban J connectivity index is 2.89. The molecule has 4 heteroatoms. The normalized spacial score (nSPS) is 10.1. The van der Waals surface area contributed by atoms with Crippen LogP contribution in [0.3, 0.4) is 0 Å². The van der Waals surface area contributed by atoms with E-state index in [0.29, 0.717) is 28.0 Å². The zero-order valence-corrected chi connectivity index (χ0v) is 9.06. The highest BCUT2D eigenvalue weighted by atomic mass is 16.5. The van der Waals surface area contributed by atoms with Crippen molar-refractivity contribution < 1.29 is 14.3 Å². The lowest BCUT2D eigenvalue weighted by Crippen LogP contribution is -1.94. The van der Waals surface area contributed by atoms with Crippen LogP contribution in [0.1, 0.15) is 10.4 Å². The van der Waals surface area contributed by atoms with Crippen molar-refractivity contribution in [3.05, 3.63) is 30.0 Å². The number of methoxy groups -OCH3 is 2. The maximum absolute atomic E-state index is 11.0. The van der Waals surface area contributed by atoms with Crippen LogP contribution in [0.25, 0.3) is 10.9 Å². The summed E-state index contributed by atoms with van der Waals surface area (Å²) >= 11 is 0. The van der Waals surface area contributed by atoms with E-state index in [2.05, 4.69) is 4.98 Å². The molecular formula is C12H11NO3. The van der Waals surface area contributed by atoms with Gasteiger partial charge in [-0.1, -0.05) is 0 Å². The average molecular weight is 217 g/mol. The molecule has 2 aromatic rings. The summed E-state index contributed by atoms with van der Waals surface area (Å²) in [7, 11) is 3.12. The third-order valence-corrected chi connectivity index (χ3v) is 2.42. The molecule has 0 aliphatic rings. The molecule has 0 aliphatic carbocycles. The fourth-order valence-electron chi connectivity index (χ4n) is 1.67. The first-order valence-electron chi connectivity index (χ1n) is 4.76. The van der Waals surface area contributed by atoms with E-state index in [1.807, 2.05) is 0 Å². The quantitative estimate of drug-likeness (QED) is 0.738. The Morgan fingerprint density at radius 1 is 1.12 bits per heavy atom. The minimum Gasteiger partial charge on any atom is -0.496 e. The molecule has 0 amide bonds. The number of aromatic nitrogens is 1. The number of hydrogen-bond acceptors (Lipinski definition) is 4. The first-order chi connectivity index (χ1) is 7.81. The molecule has 0 aliphatic heterocycles. The summed E-state index contributed by atoms with van der Waals surface area (Å²) in [4.78, 5) is 15.2. The second-order valence-corrected chi connectivity index (χ2v) is 3.21. The van der Waals surface area contributed by atoms with E-state index in [9.17, 15) is 4.79 Å². The summed E-state index contributed by atoms with van der Waals surface area (Å²) in [6, 6.07) is 5.18. The number of aldehydes is 1. The molecule has 16 heavy (non-hydrogen) atoms. The number of rotatable bonds is 3. The van der Waals surface area contributed by atoms with Crippen LogP contribution in [0.4, 0.5) is 0 Å². The van der Waals surface area contributed by atoms with E-state index >= 15 is 0 Å². The second-order valence-electron chi connectivity index (χ2n) is 3.21. The van der Waals surface area contributed by atoms with Gasteiger partial charge in [0.1, 0.15) is 17.0 Å². The molecule has 1 heterocycles. The number of hydrogen-bond donors (Lipinski definition) is 0. The summed E-state index contributed by atoms with van der Waals surface area (Å²) in [5, 5.41) is 0.680.